The molecule has 0 aliphatic rings. The summed E-state index contributed by atoms with van der Waals surface area (Å²) in [6, 6.07) is 4.20. The van der Waals surface area contributed by atoms with E-state index in [0.717, 1.165) is 0 Å². The van der Waals surface area contributed by atoms with Crippen LogP contribution in [0.2, 0.25) is 5.02 Å². The van der Waals surface area contributed by atoms with Crippen molar-refractivity contribution in [2.45, 2.75) is 11.8 Å². The van der Waals surface area contributed by atoms with Crippen molar-refractivity contribution < 1.29 is 14.5 Å². The number of nitro benzene ring substituents is 1. The van der Waals surface area contributed by atoms with Gasteiger partial charge in [0.15, 0.2) is 0 Å². The van der Waals surface area contributed by atoms with Crippen LogP contribution in [0.4, 0.5) is 5.69 Å². The molecule has 0 saturated heterocycles. The normalized spacial score (nSPS) is 11.9. The summed E-state index contributed by atoms with van der Waals surface area (Å²) in [6.45, 7) is 0. The van der Waals surface area contributed by atoms with Gasteiger partial charge in [-0.3, -0.25) is 14.9 Å². The molecule has 1 atom stereocenters. The molecule has 0 spiro atoms. The van der Waals surface area contributed by atoms with E-state index in [-0.39, 0.29) is 17.1 Å². The number of methoxy groups -OCH3 is 1. The number of hydrogen-bond donors (Lipinski definition) is 0. The molecule has 0 fully saturated rings. The number of carbonyl (C=O) groups is 1. The monoisotopic (exact) mass is 277 g/mol. The predicted molar refractivity (Wildman–Crippen MR) is 63.5 cm³/mol. The van der Waals surface area contributed by atoms with E-state index in [4.69, 9.17) is 23.2 Å². The lowest BCUT2D eigenvalue weighted by Gasteiger charge is -2.07. The third-order valence-electron chi connectivity index (χ3n) is 2.10. The highest BCUT2D eigenvalue weighted by Crippen LogP contribution is 2.25. The molecule has 1 unspecified atom stereocenters. The molecule has 0 N–H and O–H groups in total. The highest BCUT2D eigenvalue weighted by Gasteiger charge is 2.22. The van der Waals surface area contributed by atoms with Gasteiger partial charge in [-0.25, -0.2) is 0 Å². The number of hydrogen-bond acceptors (Lipinski definition) is 4. The van der Waals surface area contributed by atoms with Gasteiger partial charge in [0.2, 0.25) is 0 Å². The maximum Gasteiger partial charge on any atom is 0.324 e. The van der Waals surface area contributed by atoms with Crippen LogP contribution in [0.25, 0.3) is 0 Å². The highest BCUT2D eigenvalue weighted by atomic mass is 35.5. The van der Waals surface area contributed by atoms with Crippen molar-refractivity contribution in [1.82, 2.24) is 0 Å². The number of carbonyl (C=O) groups excluding carboxylic acids is 1. The van der Waals surface area contributed by atoms with Crippen LogP contribution in [0, 0.1) is 10.1 Å². The summed E-state index contributed by atoms with van der Waals surface area (Å²) >= 11 is 11.4. The minimum atomic E-state index is -0.958. The van der Waals surface area contributed by atoms with Crippen LogP contribution >= 0.6 is 23.2 Å². The summed E-state index contributed by atoms with van der Waals surface area (Å²) in [6.07, 6.45) is 0.0156. The Balaban J connectivity index is 2.98. The lowest BCUT2D eigenvalue weighted by molar-refractivity contribution is -0.385. The van der Waals surface area contributed by atoms with Crippen molar-refractivity contribution in [3.05, 3.63) is 38.9 Å². The molecule has 0 saturated carbocycles. The van der Waals surface area contributed by atoms with Gasteiger partial charge >= 0.3 is 5.97 Å². The zero-order valence-corrected chi connectivity index (χ0v) is 10.4. The minimum Gasteiger partial charge on any atom is -0.468 e. The second kappa shape index (κ2) is 5.84. The summed E-state index contributed by atoms with van der Waals surface area (Å²) in [5, 5.41) is 10.1. The fourth-order valence-electron chi connectivity index (χ4n) is 1.28. The second-order valence-corrected chi connectivity index (χ2v) is 4.19. The molecule has 7 heteroatoms. The topological polar surface area (TPSA) is 69.4 Å². The summed E-state index contributed by atoms with van der Waals surface area (Å²) in [5.74, 6) is -0.629. The van der Waals surface area contributed by atoms with Gasteiger partial charge < -0.3 is 4.74 Å². The first-order valence-corrected chi connectivity index (χ1v) is 5.42. The SMILES string of the molecule is COC(=O)C(Cl)Cc1ccc(Cl)cc1[N+](=O)[O-]. The van der Waals surface area contributed by atoms with Gasteiger partial charge in [0.1, 0.15) is 5.38 Å². The number of esters is 1. The Morgan fingerprint density at radius 2 is 2.24 bits per heavy atom. The van der Waals surface area contributed by atoms with E-state index in [9.17, 15) is 14.9 Å². The first-order chi connectivity index (χ1) is 7.95. The van der Waals surface area contributed by atoms with E-state index < -0.39 is 16.3 Å². The summed E-state index contributed by atoms with van der Waals surface area (Å²) in [4.78, 5) is 21.3. The van der Waals surface area contributed by atoms with Crippen LogP contribution in [-0.4, -0.2) is 23.4 Å². The lowest BCUT2D eigenvalue weighted by atomic mass is 10.1. The zero-order chi connectivity index (χ0) is 13.0. The number of halogens is 2. The fraction of sp³-hybridized carbons (Fsp3) is 0.300. The Bertz CT molecular complexity index is 450. The van der Waals surface area contributed by atoms with E-state index >= 15 is 0 Å². The number of benzene rings is 1. The van der Waals surface area contributed by atoms with Crippen molar-refractivity contribution in [1.29, 1.82) is 0 Å². The first-order valence-electron chi connectivity index (χ1n) is 4.60. The molecule has 0 bridgehead atoms. The van der Waals surface area contributed by atoms with Crippen molar-refractivity contribution in [3.63, 3.8) is 0 Å². The van der Waals surface area contributed by atoms with Gasteiger partial charge in [0.25, 0.3) is 5.69 Å². The second-order valence-electron chi connectivity index (χ2n) is 3.22. The number of nitro groups is 1. The molecule has 0 aliphatic carbocycles. The van der Waals surface area contributed by atoms with Gasteiger partial charge in [0.05, 0.1) is 12.0 Å². The fourth-order valence-corrected chi connectivity index (χ4v) is 1.71. The number of ether oxygens (including phenoxy) is 1. The molecule has 5 nitrogen and oxygen atoms in total. The van der Waals surface area contributed by atoms with Crippen LogP contribution in [0.3, 0.4) is 0 Å². The summed E-state index contributed by atoms with van der Waals surface area (Å²) in [5.41, 5.74) is 0.178. The van der Waals surface area contributed by atoms with Crippen LogP contribution < -0.4 is 0 Å². The van der Waals surface area contributed by atoms with Gasteiger partial charge in [-0.2, -0.15) is 0 Å². The molecule has 0 heterocycles. The zero-order valence-electron chi connectivity index (χ0n) is 8.85. The molecular formula is C10H9Cl2NO4. The molecule has 1 aromatic carbocycles. The summed E-state index contributed by atoms with van der Waals surface area (Å²) in [7, 11) is 1.20. The molecule has 0 aliphatic heterocycles. The van der Waals surface area contributed by atoms with E-state index in [1.807, 2.05) is 0 Å². The molecule has 0 amide bonds. The van der Waals surface area contributed by atoms with Gasteiger partial charge in [-0.05, 0) is 6.07 Å². The maximum atomic E-state index is 11.1. The molecule has 1 aromatic rings. The summed E-state index contributed by atoms with van der Waals surface area (Å²) < 4.78 is 4.44. The predicted octanol–water partition coefficient (Wildman–Crippen LogP) is 2.57. The van der Waals surface area contributed by atoms with Crippen molar-refractivity contribution in [2.75, 3.05) is 7.11 Å². The third-order valence-corrected chi connectivity index (χ3v) is 2.67. The van der Waals surface area contributed by atoms with Crippen molar-refractivity contribution in [2.24, 2.45) is 0 Å². The molecule has 0 radical (unpaired) electrons. The highest BCUT2D eigenvalue weighted by molar-refractivity contribution is 6.31. The smallest absolute Gasteiger partial charge is 0.324 e. The first kappa shape index (κ1) is 13.7. The van der Waals surface area contributed by atoms with Crippen molar-refractivity contribution in [3.8, 4) is 0 Å². The molecular weight excluding hydrogens is 269 g/mol. The average Bonchev–Trinajstić information content (AvgIpc) is 2.29. The Morgan fingerprint density at radius 3 is 2.76 bits per heavy atom. The van der Waals surface area contributed by atoms with E-state index in [0.29, 0.717) is 5.56 Å². The number of alkyl halides is 1. The Hall–Kier alpha value is -1.33. The molecule has 1 rings (SSSR count). The number of nitrogens with zero attached hydrogens (tertiary/aromatic N) is 1. The molecule has 17 heavy (non-hydrogen) atoms. The van der Waals surface area contributed by atoms with Gasteiger partial charge in [0, 0.05) is 23.1 Å². The van der Waals surface area contributed by atoms with E-state index in [1.54, 1.807) is 0 Å². The van der Waals surface area contributed by atoms with Gasteiger partial charge in [-0.15, -0.1) is 11.6 Å². The maximum absolute atomic E-state index is 11.1. The van der Waals surface area contributed by atoms with Crippen LogP contribution in [0.1, 0.15) is 5.56 Å². The quantitative estimate of drug-likeness (QED) is 0.367. The molecule has 92 valence electrons. The Morgan fingerprint density at radius 1 is 1.59 bits per heavy atom. The largest absolute Gasteiger partial charge is 0.468 e. The van der Waals surface area contributed by atoms with Crippen LogP contribution in [0.15, 0.2) is 18.2 Å². The van der Waals surface area contributed by atoms with Crippen molar-refractivity contribution >= 4 is 34.9 Å². The van der Waals surface area contributed by atoms with Crippen LogP contribution in [0.5, 0.6) is 0 Å². The lowest BCUT2D eigenvalue weighted by Crippen LogP contribution is -2.19. The Labute approximate surface area is 107 Å². The van der Waals surface area contributed by atoms with Crippen LogP contribution in [-0.2, 0) is 16.0 Å². The van der Waals surface area contributed by atoms with E-state index in [2.05, 4.69) is 4.74 Å². The minimum absolute atomic E-state index is 0.0156. The number of rotatable bonds is 4. The Kier molecular flexibility index (Phi) is 4.72. The van der Waals surface area contributed by atoms with Gasteiger partial charge in [-0.1, -0.05) is 17.7 Å². The van der Waals surface area contributed by atoms with E-state index in [1.165, 1.54) is 25.3 Å². The standard InChI is InChI=1S/C10H9Cl2NO4/c1-17-10(14)8(12)4-6-2-3-7(11)5-9(6)13(15)16/h2-3,5,8H,4H2,1H3. The average molecular weight is 278 g/mol. The molecule has 0 aromatic heterocycles. The third kappa shape index (κ3) is 3.57.